The normalized spacial score (nSPS) is 12.6. The quantitative estimate of drug-likeness (QED) is 0.311. The monoisotopic (exact) mass is 501 g/mol. The number of aromatic nitrogens is 1. The third-order valence-corrected chi connectivity index (χ3v) is 5.49. The van der Waals surface area contributed by atoms with Gasteiger partial charge in [0.1, 0.15) is 0 Å². The Labute approximate surface area is 184 Å². The van der Waals surface area contributed by atoms with E-state index in [0.717, 1.165) is 37.6 Å². The van der Waals surface area contributed by atoms with E-state index in [1.165, 1.54) is 10.6 Å². The molecule has 2 N–H and O–H groups in total. The summed E-state index contributed by atoms with van der Waals surface area (Å²) in [6.07, 6.45) is 2.05. The SMILES string of the molecule is CCc1nc(CNC(=NC)NCCC(C)N(C)Cc2ccccc2)cs1.I. The van der Waals surface area contributed by atoms with E-state index in [0.29, 0.717) is 12.6 Å². The molecule has 0 aliphatic rings. The Morgan fingerprint density at radius 1 is 1.26 bits per heavy atom. The Kier molecular flexibility index (Phi) is 11.5. The van der Waals surface area contributed by atoms with Gasteiger partial charge in [0.15, 0.2) is 5.96 Å². The second-order valence-electron chi connectivity index (χ2n) is 6.48. The van der Waals surface area contributed by atoms with E-state index < -0.39 is 0 Å². The minimum atomic E-state index is 0. The van der Waals surface area contributed by atoms with E-state index in [4.69, 9.17) is 0 Å². The van der Waals surface area contributed by atoms with Gasteiger partial charge in [-0.15, -0.1) is 35.3 Å². The Morgan fingerprint density at radius 3 is 2.63 bits per heavy atom. The van der Waals surface area contributed by atoms with Gasteiger partial charge in [-0.05, 0) is 32.4 Å². The number of nitrogens with one attached hydrogen (secondary N) is 2. The van der Waals surface area contributed by atoms with Gasteiger partial charge in [-0.25, -0.2) is 4.98 Å². The molecule has 150 valence electrons. The molecule has 0 saturated carbocycles. The summed E-state index contributed by atoms with van der Waals surface area (Å²) in [5.74, 6) is 0.828. The number of hydrogen-bond donors (Lipinski definition) is 2. The zero-order chi connectivity index (χ0) is 18.8. The first kappa shape index (κ1) is 23.8. The number of halogens is 1. The van der Waals surface area contributed by atoms with Crippen molar-refractivity contribution >= 4 is 41.3 Å². The molecule has 0 bridgehead atoms. The van der Waals surface area contributed by atoms with Gasteiger partial charge in [0.25, 0.3) is 0 Å². The molecule has 2 aromatic rings. The summed E-state index contributed by atoms with van der Waals surface area (Å²) in [6, 6.07) is 11.1. The predicted molar refractivity (Wildman–Crippen MR) is 127 cm³/mol. The molecule has 0 spiro atoms. The van der Waals surface area contributed by atoms with Crippen LogP contribution in [-0.4, -0.2) is 42.5 Å². The Morgan fingerprint density at radius 2 is 2.00 bits per heavy atom. The zero-order valence-electron chi connectivity index (χ0n) is 16.7. The van der Waals surface area contributed by atoms with Crippen molar-refractivity contribution in [2.45, 2.75) is 45.8 Å². The standard InChI is InChI=1S/C20H31N5S.HI/c1-5-19-24-18(15-26-19)13-23-20(21-3)22-12-11-16(2)25(4)14-17-9-7-6-8-10-17;/h6-10,15-16H,5,11-14H2,1-4H3,(H2,21,22,23);1H. The van der Waals surface area contributed by atoms with Crippen molar-refractivity contribution in [2.24, 2.45) is 4.99 Å². The van der Waals surface area contributed by atoms with Crippen molar-refractivity contribution in [3.8, 4) is 0 Å². The zero-order valence-corrected chi connectivity index (χ0v) is 19.9. The van der Waals surface area contributed by atoms with Gasteiger partial charge in [0.2, 0.25) is 0 Å². The smallest absolute Gasteiger partial charge is 0.191 e. The highest BCUT2D eigenvalue weighted by Gasteiger charge is 2.10. The van der Waals surface area contributed by atoms with Crippen molar-refractivity contribution in [3.63, 3.8) is 0 Å². The molecular formula is C20H32IN5S. The van der Waals surface area contributed by atoms with Crippen LogP contribution in [0.25, 0.3) is 0 Å². The lowest BCUT2D eigenvalue weighted by atomic mass is 10.1. The maximum atomic E-state index is 4.57. The second kappa shape index (κ2) is 13.1. The average Bonchev–Trinajstić information content (AvgIpc) is 3.13. The van der Waals surface area contributed by atoms with Crippen LogP contribution >= 0.6 is 35.3 Å². The topological polar surface area (TPSA) is 52.6 Å². The molecule has 0 saturated heterocycles. The highest BCUT2D eigenvalue weighted by molar-refractivity contribution is 14.0. The third kappa shape index (κ3) is 8.57. The lowest BCUT2D eigenvalue weighted by Gasteiger charge is -2.25. The van der Waals surface area contributed by atoms with Crippen molar-refractivity contribution in [1.82, 2.24) is 20.5 Å². The molecule has 2 rings (SSSR count). The number of aryl methyl sites for hydroxylation is 1. The lowest BCUT2D eigenvalue weighted by Crippen LogP contribution is -2.39. The largest absolute Gasteiger partial charge is 0.356 e. The molecule has 0 radical (unpaired) electrons. The molecule has 0 fully saturated rings. The number of nitrogens with zero attached hydrogens (tertiary/aromatic N) is 3. The molecule has 1 aromatic heterocycles. The number of benzene rings is 1. The Bertz CT molecular complexity index is 674. The Balaban J connectivity index is 0.00000364. The third-order valence-electron chi connectivity index (χ3n) is 4.44. The molecular weight excluding hydrogens is 469 g/mol. The first-order valence-corrected chi connectivity index (χ1v) is 10.1. The summed E-state index contributed by atoms with van der Waals surface area (Å²) in [5.41, 5.74) is 2.42. The van der Waals surface area contributed by atoms with E-state index in [1.807, 2.05) is 0 Å². The summed E-state index contributed by atoms with van der Waals surface area (Å²) in [6.45, 7) is 6.96. The van der Waals surface area contributed by atoms with E-state index in [2.05, 4.69) is 82.1 Å². The van der Waals surface area contributed by atoms with Crippen LogP contribution in [-0.2, 0) is 19.5 Å². The summed E-state index contributed by atoms with van der Waals surface area (Å²) in [7, 11) is 3.98. The van der Waals surface area contributed by atoms with Crippen LogP contribution in [0.1, 0.15) is 36.5 Å². The maximum Gasteiger partial charge on any atom is 0.191 e. The highest BCUT2D eigenvalue weighted by Crippen LogP contribution is 2.10. The van der Waals surface area contributed by atoms with Crippen LogP contribution in [0.5, 0.6) is 0 Å². The summed E-state index contributed by atoms with van der Waals surface area (Å²) < 4.78 is 0. The van der Waals surface area contributed by atoms with Gasteiger partial charge in [-0.1, -0.05) is 37.3 Å². The van der Waals surface area contributed by atoms with Gasteiger partial charge < -0.3 is 10.6 Å². The van der Waals surface area contributed by atoms with Crippen molar-refractivity contribution in [1.29, 1.82) is 0 Å². The summed E-state index contributed by atoms with van der Waals surface area (Å²) in [5, 5.41) is 10.0. The number of aliphatic imine (C=N–C) groups is 1. The summed E-state index contributed by atoms with van der Waals surface area (Å²) >= 11 is 1.72. The average molecular weight is 501 g/mol. The molecule has 1 heterocycles. The number of rotatable bonds is 9. The van der Waals surface area contributed by atoms with Crippen molar-refractivity contribution in [2.75, 3.05) is 20.6 Å². The van der Waals surface area contributed by atoms with E-state index in [1.54, 1.807) is 18.4 Å². The van der Waals surface area contributed by atoms with Crippen molar-refractivity contribution < 1.29 is 0 Å². The maximum absolute atomic E-state index is 4.57. The summed E-state index contributed by atoms with van der Waals surface area (Å²) in [4.78, 5) is 11.3. The molecule has 0 amide bonds. The van der Waals surface area contributed by atoms with Gasteiger partial charge in [0.05, 0.1) is 17.2 Å². The molecule has 1 atom stereocenters. The molecule has 5 nitrogen and oxygen atoms in total. The Hall–Kier alpha value is -1.19. The van der Waals surface area contributed by atoms with Crippen LogP contribution in [0, 0.1) is 0 Å². The predicted octanol–water partition coefficient (Wildman–Crippen LogP) is 3.90. The lowest BCUT2D eigenvalue weighted by molar-refractivity contribution is 0.238. The number of guanidine groups is 1. The van der Waals surface area contributed by atoms with Crippen LogP contribution in [0.15, 0.2) is 40.7 Å². The fourth-order valence-corrected chi connectivity index (χ4v) is 3.38. The molecule has 1 aromatic carbocycles. The number of thiazole rings is 1. The fraction of sp³-hybridized carbons (Fsp3) is 0.500. The molecule has 1 unspecified atom stereocenters. The number of hydrogen-bond acceptors (Lipinski definition) is 4. The van der Waals surface area contributed by atoms with Crippen LogP contribution < -0.4 is 10.6 Å². The van der Waals surface area contributed by atoms with Crippen LogP contribution in [0.2, 0.25) is 0 Å². The molecule has 0 aliphatic heterocycles. The fourth-order valence-electron chi connectivity index (χ4n) is 2.63. The molecule has 27 heavy (non-hydrogen) atoms. The second-order valence-corrected chi connectivity index (χ2v) is 7.42. The minimum absolute atomic E-state index is 0. The van der Waals surface area contributed by atoms with Gasteiger partial charge in [-0.3, -0.25) is 9.89 Å². The first-order chi connectivity index (χ1) is 12.6. The molecule has 0 aliphatic carbocycles. The van der Waals surface area contributed by atoms with E-state index >= 15 is 0 Å². The van der Waals surface area contributed by atoms with Gasteiger partial charge in [-0.2, -0.15) is 0 Å². The first-order valence-electron chi connectivity index (χ1n) is 9.24. The van der Waals surface area contributed by atoms with Gasteiger partial charge in [0, 0.05) is 31.6 Å². The minimum Gasteiger partial charge on any atom is -0.356 e. The van der Waals surface area contributed by atoms with Crippen LogP contribution in [0.3, 0.4) is 0 Å². The van der Waals surface area contributed by atoms with E-state index in [9.17, 15) is 0 Å². The molecule has 7 heteroatoms. The van der Waals surface area contributed by atoms with Crippen LogP contribution in [0.4, 0.5) is 0 Å². The van der Waals surface area contributed by atoms with Crippen molar-refractivity contribution in [3.05, 3.63) is 52.0 Å². The highest BCUT2D eigenvalue weighted by atomic mass is 127. The van der Waals surface area contributed by atoms with E-state index in [-0.39, 0.29) is 24.0 Å². The van der Waals surface area contributed by atoms with Gasteiger partial charge >= 0.3 is 0 Å².